The lowest BCUT2D eigenvalue weighted by Gasteiger charge is -2.34. The molecule has 0 radical (unpaired) electrons. The van der Waals surface area contributed by atoms with Gasteiger partial charge in [0.15, 0.2) is 5.69 Å². The molecule has 1 aromatic rings. The molecule has 3 aliphatic rings. The summed E-state index contributed by atoms with van der Waals surface area (Å²) in [6, 6.07) is 2.68. The molecule has 0 aliphatic carbocycles. The van der Waals surface area contributed by atoms with Crippen molar-refractivity contribution in [3.05, 3.63) is 35.2 Å². The fourth-order valence-electron chi connectivity index (χ4n) is 5.13. The van der Waals surface area contributed by atoms with Crippen LogP contribution >= 0.6 is 0 Å². The number of nitrogens with zero attached hydrogens (tertiary/aromatic N) is 2. The molecule has 0 aromatic heterocycles. The van der Waals surface area contributed by atoms with Gasteiger partial charge in [-0.05, 0) is 26.0 Å². The maximum absolute atomic E-state index is 13.4. The van der Waals surface area contributed by atoms with E-state index in [1.54, 1.807) is 13.8 Å². The highest BCUT2D eigenvalue weighted by Crippen LogP contribution is 2.61. The quantitative estimate of drug-likeness (QED) is 0.574. The number of ether oxygens (including phenoxy) is 2. The summed E-state index contributed by atoms with van der Waals surface area (Å²) in [5, 5.41) is 8.89. The Labute approximate surface area is 174 Å². The Kier molecular flexibility index (Phi) is 4.47. The van der Waals surface area contributed by atoms with Crippen molar-refractivity contribution in [3.8, 4) is 0 Å². The van der Waals surface area contributed by atoms with Gasteiger partial charge in [-0.1, -0.05) is 6.07 Å². The number of fused-ring (bicyclic) bond motifs is 5. The zero-order chi connectivity index (χ0) is 22.9. The van der Waals surface area contributed by atoms with Gasteiger partial charge in [0, 0.05) is 12.1 Å². The molecular formula is C20H17F3N2O6. The van der Waals surface area contributed by atoms with Gasteiger partial charge in [-0.15, -0.1) is 0 Å². The Balaban J connectivity index is 1.73. The second-order valence-electron chi connectivity index (χ2n) is 8.27. The van der Waals surface area contributed by atoms with Gasteiger partial charge in [0.1, 0.15) is 12.2 Å². The number of hydrogen-bond acceptors (Lipinski definition) is 5. The van der Waals surface area contributed by atoms with E-state index in [0.29, 0.717) is 11.0 Å². The summed E-state index contributed by atoms with van der Waals surface area (Å²) in [5.74, 6) is -4.62. The van der Waals surface area contributed by atoms with Crippen LogP contribution in [-0.2, 0) is 30.0 Å². The number of aliphatic carboxylic acids is 1. The van der Waals surface area contributed by atoms with Gasteiger partial charge in [0.2, 0.25) is 11.8 Å². The van der Waals surface area contributed by atoms with Gasteiger partial charge >= 0.3 is 12.1 Å². The maximum atomic E-state index is 13.4. The summed E-state index contributed by atoms with van der Waals surface area (Å²) >= 11 is 0. The summed E-state index contributed by atoms with van der Waals surface area (Å²) in [7, 11) is 0. The molecule has 164 valence electrons. The number of carbonyl (C=O) groups is 3. The Hall–Kier alpha value is -2.97. The summed E-state index contributed by atoms with van der Waals surface area (Å²) in [5.41, 5.74) is -4.59. The number of carbonyl (C=O) groups excluding carboxylic acids is 2. The molecule has 0 saturated carbocycles. The number of alkyl halides is 3. The van der Waals surface area contributed by atoms with Gasteiger partial charge in [-0.3, -0.25) is 9.59 Å². The van der Waals surface area contributed by atoms with E-state index in [2.05, 4.69) is 4.85 Å². The molecule has 8 nitrogen and oxygen atoms in total. The van der Waals surface area contributed by atoms with Crippen LogP contribution in [0.15, 0.2) is 18.2 Å². The Morgan fingerprint density at radius 1 is 1.32 bits per heavy atom. The van der Waals surface area contributed by atoms with Crippen molar-refractivity contribution in [2.75, 3.05) is 11.5 Å². The van der Waals surface area contributed by atoms with Crippen LogP contribution in [0.1, 0.15) is 25.8 Å². The molecule has 4 rings (SSSR count). The molecule has 3 saturated heterocycles. The molecule has 1 aromatic carbocycles. The first-order valence-corrected chi connectivity index (χ1v) is 9.33. The second kappa shape index (κ2) is 6.51. The van der Waals surface area contributed by atoms with Gasteiger partial charge < -0.3 is 14.6 Å². The molecule has 2 unspecified atom stereocenters. The van der Waals surface area contributed by atoms with E-state index in [4.69, 9.17) is 21.2 Å². The van der Waals surface area contributed by atoms with Gasteiger partial charge in [0.25, 0.3) is 0 Å². The van der Waals surface area contributed by atoms with Crippen molar-refractivity contribution < 1.29 is 42.1 Å². The highest BCUT2D eigenvalue weighted by atomic mass is 19.4. The minimum absolute atomic E-state index is 0.162. The lowest BCUT2D eigenvalue weighted by Crippen LogP contribution is -2.50. The number of halogens is 3. The summed E-state index contributed by atoms with van der Waals surface area (Å²) in [6.45, 7) is 9.48. The third-order valence-electron chi connectivity index (χ3n) is 6.34. The number of carboxylic acid groups (broad SMARTS) is 1. The highest BCUT2D eigenvalue weighted by Gasteiger charge is 2.76. The number of hydrogen-bond donors (Lipinski definition) is 1. The van der Waals surface area contributed by atoms with Crippen LogP contribution in [0.4, 0.5) is 24.5 Å². The minimum Gasteiger partial charge on any atom is -0.480 e. The molecule has 0 spiro atoms. The summed E-state index contributed by atoms with van der Waals surface area (Å²) in [6.07, 6.45) is -5.45. The average Bonchev–Trinajstić information content (AvgIpc) is 3.19. The zero-order valence-corrected chi connectivity index (χ0v) is 16.4. The smallest absolute Gasteiger partial charge is 0.407 e. The van der Waals surface area contributed by atoms with E-state index in [0.717, 1.165) is 12.1 Å². The second-order valence-corrected chi connectivity index (χ2v) is 8.27. The molecule has 5 atom stereocenters. The van der Waals surface area contributed by atoms with Crippen LogP contribution in [0, 0.1) is 18.4 Å². The first-order valence-electron chi connectivity index (χ1n) is 9.33. The number of imide groups is 1. The normalized spacial score (nSPS) is 34.2. The van der Waals surface area contributed by atoms with Gasteiger partial charge in [-0.25, -0.2) is 14.5 Å². The van der Waals surface area contributed by atoms with Crippen molar-refractivity contribution in [2.24, 2.45) is 11.8 Å². The van der Waals surface area contributed by atoms with E-state index >= 15 is 0 Å². The minimum atomic E-state index is -4.84. The predicted molar refractivity (Wildman–Crippen MR) is 97.1 cm³/mol. The van der Waals surface area contributed by atoms with Crippen LogP contribution < -0.4 is 4.90 Å². The molecule has 11 heteroatoms. The molecular weight excluding hydrogens is 421 g/mol. The average molecular weight is 438 g/mol. The molecule has 31 heavy (non-hydrogen) atoms. The lowest BCUT2D eigenvalue weighted by atomic mass is 9.67. The predicted octanol–water partition coefficient (Wildman–Crippen LogP) is 2.78. The highest BCUT2D eigenvalue weighted by molar-refractivity contribution is 6.23. The fourth-order valence-corrected chi connectivity index (χ4v) is 5.13. The van der Waals surface area contributed by atoms with Crippen LogP contribution in [0.5, 0.6) is 0 Å². The van der Waals surface area contributed by atoms with E-state index in [1.165, 1.54) is 0 Å². The Bertz CT molecular complexity index is 1050. The molecule has 3 aliphatic heterocycles. The first-order chi connectivity index (χ1) is 14.3. The van der Waals surface area contributed by atoms with E-state index in [9.17, 15) is 27.6 Å². The number of benzene rings is 1. The van der Waals surface area contributed by atoms with E-state index in [-0.39, 0.29) is 12.1 Å². The van der Waals surface area contributed by atoms with Crippen molar-refractivity contribution in [3.63, 3.8) is 0 Å². The fraction of sp³-hybridized carbons (Fsp3) is 0.500. The van der Waals surface area contributed by atoms with Crippen molar-refractivity contribution in [1.29, 1.82) is 0 Å². The topological polar surface area (TPSA) is 97.5 Å². The largest absolute Gasteiger partial charge is 0.480 e. The van der Waals surface area contributed by atoms with E-state index in [1.807, 2.05) is 0 Å². The first kappa shape index (κ1) is 21.3. The number of anilines is 1. The van der Waals surface area contributed by atoms with Crippen LogP contribution in [0.25, 0.3) is 4.85 Å². The van der Waals surface area contributed by atoms with E-state index < -0.39 is 71.0 Å². The number of amides is 2. The Morgan fingerprint density at radius 3 is 2.55 bits per heavy atom. The summed E-state index contributed by atoms with van der Waals surface area (Å²) in [4.78, 5) is 40.9. The van der Waals surface area contributed by atoms with Gasteiger partial charge in [-0.2, -0.15) is 13.2 Å². The number of rotatable bonds is 4. The third kappa shape index (κ3) is 2.93. The van der Waals surface area contributed by atoms with Crippen molar-refractivity contribution in [1.82, 2.24) is 0 Å². The lowest BCUT2D eigenvalue weighted by molar-refractivity contribution is -0.151. The molecule has 2 amide bonds. The third-order valence-corrected chi connectivity index (χ3v) is 6.34. The molecule has 3 fully saturated rings. The molecule has 2 bridgehead atoms. The SMILES string of the molecule is [C-]#[N+]c1ccc(N2C(=O)[C@@H]3[C@H](C2=O)C2(C)C[C@H](OCC(=O)O)C3(C)O2)cc1C(F)(F)F. The molecule has 3 heterocycles. The summed E-state index contributed by atoms with van der Waals surface area (Å²) < 4.78 is 51.5. The monoisotopic (exact) mass is 438 g/mol. The molecule has 1 N–H and O–H groups in total. The van der Waals surface area contributed by atoms with Crippen LogP contribution in [0.2, 0.25) is 0 Å². The standard InChI is InChI=1S/C20H17F3N2O6/c1-18-7-12(30-8-13(26)27)19(2,31-18)15-14(18)16(28)25(17(15)29)9-4-5-11(24-3)10(6-9)20(21,22)23/h4-6,12,14-15H,7-8H2,1-2H3,(H,26,27)/t12-,14+,15-,18?,19?/m0/s1. The zero-order valence-electron chi connectivity index (χ0n) is 16.4. The van der Waals surface area contributed by atoms with Crippen molar-refractivity contribution in [2.45, 2.75) is 43.8 Å². The van der Waals surface area contributed by atoms with Crippen LogP contribution in [0.3, 0.4) is 0 Å². The number of carboxylic acids is 1. The van der Waals surface area contributed by atoms with Crippen LogP contribution in [-0.4, -0.2) is 46.8 Å². The van der Waals surface area contributed by atoms with Crippen molar-refractivity contribution >= 4 is 29.2 Å². The maximum Gasteiger partial charge on any atom is 0.407 e. The Morgan fingerprint density at radius 2 is 1.97 bits per heavy atom. The van der Waals surface area contributed by atoms with Gasteiger partial charge in [0.05, 0.1) is 35.7 Å².